The molecule has 0 radical (unpaired) electrons. The molecule has 6 heteroatoms. The second-order valence-corrected chi connectivity index (χ2v) is 5.66. The van der Waals surface area contributed by atoms with Gasteiger partial charge in [0.15, 0.2) is 5.96 Å². The maximum Gasteiger partial charge on any atom is 0.191 e. The molecule has 1 aromatic carbocycles. The zero-order valence-electron chi connectivity index (χ0n) is 14.2. The molecule has 2 N–H and O–H groups in total. The minimum atomic E-state index is 0.672. The van der Waals surface area contributed by atoms with Crippen molar-refractivity contribution in [2.24, 2.45) is 4.99 Å². The number of ether oxygens (including phenoxy) is 2. The number of nitrogens with zero attached hydrogens (tertiary/aromatic N) is 2. The molecular formula is C17H28N4O2. The van der Waals surface area contributed by atoms with Crippen LogP contribution in [0, 0.1) is 0 Å². The monoisotopic (exact) mass is 320 g/mol. The van der Waals surface area contributed by atoms with Crippen LogP contribution in [0.1, 0.15) is 12.0 Å². The van der Waals surface area contributed by atoms with Gasteiger partial charge >= 0.3 is 0 Å². The molecule has 0 atom stereocenters. The summed E-state index contributed by atoms with van der Waals surface area (Å²) < 4.78 is 10.9. The Morgan fingerprint density at radius 1 is 1.30 bits per heavy atom. The van der Waals surface area contributed by atoms with E-state index in [1.165, 1.54) is 5.56 Å². The van der Waals surface area contributed by atoms with Crippen molar-refractivity contribution in [3.8, 4) is 5.75 Å². The second kappa shape index (κ2) is 10.1. The lowest BCUT2D eigenvalue weighted by Gasteiger charge is -2.17. The maximum atomic E-state index is 5.83. The van der Waals surface area contributed by atoms with Crippen LogP contribution in [-0.4, -0.2) is 64.4 Å². The largest absolute Gasteiger partial charge is 0.492 e. The Morgan fingerprint density at radius 3 is 2.96 bits per heavy atom. The fourth-order valence-electron chi connectivity index (χ4n) is 2.26. The number of likely N-dealkylation sites (N-methyl/N-ethyl adjacent to an activating group) is 1. The van der Waals surface area contributed by atoms with E-state index in [0.717, 1.165) is 57.5 Å². The highest BCUT2D eigenvalue weighted by atomic mass is 16.5. The van der Waals surface area contributed by atoms with Crippen LogP contribution in [-0.2, 0) is 11.3 Å². The molecule has 128 valence electrons. The van der Waals surface area contributed by atoms with Gasteiger partial charge in [-0.1, -0.05) is 12.1 Å². The fourth-order valence-corrected chi connectivity index (χ4v) is 2.26. The van der Waals surface area contributed by atoms with Crippen molar-refractivity contribution in [3.63, 3.8) is 0 Å². The zero-order chi connectivity index (χ0) is 16.3. The van der Waals surface area contributed by atoms with Gasteiger partial charge in [0.05, 0.1) is 6.61 Å². The quantitative estimate of drug-likeness (QED) is 0.713. The van der Waals surface area contributed by atoms with Crippen molar-refractivity contribution < 1.29 is 9.47 Å². The average molecular weight is 320 g/mol. The third-order valence-corrected chi connectivity index (χ3v) is 3.67. The molecule has 2 rings (SSSR count). The van der Waals surface area contributed by atoms with Gasteiger partial charge in [0.1, 0.15) is 12.4 Å². The lowest BCUT2D eigenvalue weighted by molar-refractivity contribution is 0.150. The first-order valence-corrected chi connectivity index (χ1v) is 8.19. The summed E-state index contributed by atoms with van der Waals surface area (Å²) in [5, 5.41) is 6.58. The molecule has 0 saturated carbocycles. The van der Waals surface area contributed by atoms with Crippen molar-refractivity contribution >= 4 is 5.96 Å². The van der Waals surface area contributed by atoms with Crippen LogP contribution in [0.2, 0.25) is 0 Å². The highest BCUT2D eigenvalue weighted by Gasteiger charge is 2.04. The molecule has 0 aromatic heterocycles. The first-order chi connectivity index (χ1) is 11.3. The van der Waals surface area contributed by atoms with Crippen molar-refractivity contribution in [3.05, 3.63) is 29.8 Å². The minimum absolute atomic E-state index is 0.672. The summed E-state index contributed by atoms with van der Waals surface area (Å²) in [6.07, 6.45) is 1.10. The van der Waals surface area contributed by atoms with E-state index in [1.54, 1.807) is 7.11 Å². The Bertz CT molecular complexity index is 493. The number of hydrogen-bond donors (Lipinski definition) is 2. The van der Waals surface area contributed by atoms with Crippen LogP contribution >= 0.6 is 0 Å². The highest BCUT2D eigenvalue weighted by Crippen LogP contribution is 2.13. The molecule has 6 nitrogen and oxygen atoms in total. The Kier molecular flexibility index (Phi) is 7.69. The van der Waals surface area contributed by atoms with Crippen LogP contribution < -0.4 is 15.4 Å². The van der Waals surface area contributed by atoms with Crippen molar-refractivity contribution in [2.45, 2.75) is 13.0 Å². The van der Waals surface area contributed by atoms with Gasteiger partial charge < -0.3 is 25.0 Å². The average Bonchev–Trinajstić information content (AvgIpc) is 2.59. The van der Waals surface area contributed by atoms with E-state index in [9.17, 15) is 0 Å². The van der Waals surface area contributed by atoms with Gasteiger partial charge in [-0.3, -0.25) is 4.99 Å². The van der Waals surface area contributed by atoms with Crippen LogP contribution in [0.15, 0.2) is 29.3 Å². The number of rotatable bonds is 9. The number of hydrogen-bond acceptors (Lipinski definition) is 6. The Morgan fingerprint density at radius 2 is 2.17 bits per heavy atom. The van der Waals surface area contributed by atoms with Crippen LogP contribution in [0.3, 0.4) is 0 Å². The second-order valence-electron chi connectivity index (χ2n) is 5.66. The summed E-state index contributed by atoms with van der Waals surface area (Å²) in [6.45, 7) is 5.85. The Labute approximate surface area is 138 Å². The molecule has 1 aromatic rings. The van der Waals surface area contributed by atoms with Crippen LogP contribution in [0.25, 0.3) is 0 Å². The molecule has 0 bridgehead atoms. The van der Waals surface area contributed by atoms with E-state index in [1.807, 2.05) is 12.1 Å². The summed E-state index contributed by atoms with van der Waals surface area (Å²) in [4.78, 5) is 6.60. The highest BCUT2D eigenvalue weighted by molar-refractivity contribution is 5.80. The number of benzene rings is 1. The summed E-state index contributed by atoms with van der Waals surface area (Å²) in [7, 11) is 3.79. The van der Waals surface area contributed by atoms with Gasteiger partial charge in [-0.2, -0.15) is 0 Å². The molecule has 0 fully saturated rings. The molecule has 0 amide bonds. The predicted octanol–water partition coefficient (Wildman–Crippen LogP) is 1.08. The summed E-state index contributed by atoms with van der Waals surface area (Å²) in [5.41, 5.74) is 1.19. The molecule has 1 aliphatic heterocycles. The normalized spacial score (nSPS) is 14.3. The zero-order valence-corrected chi connectivity index (χ0v) is 14.2. The van der Waals surface area contributed by atoms with Gasteiger partial charge in [-0.25, -0.2) is 0 Å². The standard InChI is InChI=1S/C17H28N4O2/c1-21(9-11-22-2)10-12-23-16-6-3-5-15(13-16)14-20-17-18-7-4-8-19-17/h3,5-6,13H,4,7-12,14H2,1-2H3,(H2,18,19,20). The van der Waals surface area contributed by atoms with E-state index in [0.29, 0.717) is 6.61 Å². The smallest absolute Gasteiger partial charge is 0.191 e. The van der Waals surface area contributed by atoms with E-state index in [-0.39, 0.29) is 0 Å². The molecule has 0 spiro atoms. The van der Waals surface area contributed by atoms with Gasteiger partial charge in [0, 0.05) is 39.8 Å². The van der Waals surface area contributed by atoms with Crippen LogP contribution in [0.5, 0.6) is 5.75 Å². The number of nitrogens with one attached hydrogen (secondary N) is 2. The third-order valence-electron chi connectivity index (χ3n) is 3.67. The van der Waals surface area contributed by atoms with Gasteiger partial charge in [0.25, 0.3) is 0 Å². The number of aliphatic imine (C=N–C) groups is 1. The third kappa shape index (κ3) is 6.88. The summed E-state index contributed by atoms with van der Waals surface area (Å²) >= 11 is 0. The molecule has 0 aliphatic carbocycles. The lowest BCUT2D eigenvalue weighted by atomic mass is 10.2. The fraction of sp³-hybridized carbons (Fsp3) is 0.588. The molecule has 0 saturated heterocycles. The molecule has 1 aliphatic rings. The molecule has 23 heavy (non-hydrogen) atoms. The molecular weight excluding hydrogens is 292 g/mol. The number of methoxy groups -OCH3 is 1. The Hall–Kier alpha value is -1.79. The summed E-state index contributed by atoms with van der Waals surface area (Å²) in [5.74, 6) is 1.80. The first-order valence-electron chi connectivity index (χ1n) is 8.19. The first kappa shape index (κ1) is 17.6. The predicted molar refractivity (Wildman–Crippen MR) is 93.1 cm³/mol. The lowest BCUT2D eigenvalue weighted by Crippen LogP contribution is -2.40. The van der Waals surface area contributed by atoms with Gasteiger partial charge in [-0.05, 0) is 31.2 Å². The minimum Gasteiger partial charge on any atom is -0.492 e. The summed E-state index contributed by atoms with van der Waals surface area (Å²) in [6, 6.07) is 8.19. The van der Waals surface area contributed by atoms with Crippen LogP contribution in [0.4, 0.5) is 0 Å². The maximum absolute atomic E-state index is 5.83. The Balaban J connectivity index is 1.72. The molecule has 0 unspecified atom stereocenters. The van der Waals surface area contributed by atoms with Crippen molar-refractivity contribution in [1.82, 2.24) is 15.5 Å². The van der Waals surface area contributed by atoms with E-state index >= 15 is 0 Å². The SMILES string of the molecule is COCCN(C)CCOc1cccc(CNC2=NCCCN2)c1. The van der Waals surface area contributed by atoms with Gasteiger partial charge in [0.2, 0.25) is 0 Å². The van der Waals surface area contributed by atoms with Gasteiger partial charge in [-0.15, -0.1) is 0 Å². The van der Waals surface area contributed by atoms with E-state index in [4.69, 9.17) is 9.47 Å². The van der Waals surface area contributed by atoms with E-state index in [2.05, 4.69) is 39.7 Å². The van der Waals surface area contributed by atoms with Crippen molar-refractivity contribution in [2.75, 3.05) is 53.6 Å². The molecule has 1 heterocycles. The topological polar surface area (TPSA) is 58.1 Å². The number of guanidine groups is 1. The van der Waals surface area contributed by atoms with E-state index < -0.39 is 0 Å². The van der Waals surface area contributed by atoms with Crippen molar-refractivity contribution in [1.29, 1.82) is 0 Å².